The number of hydrogen-bond acceptors (Lipinski definition) is 2. The van der Waals surface area contributed by atoms with Crippen molar-refractivity contribution in [3.8, 4) is 0 Å². The third kappa shape index (κ3) is 2.34. The molecule has 1 aromatic rings. The number of fused-ring (bicyclic) bond motifs is 1. The number of rotatable bonds is 2. The molecule has 0 radical (unpaired) electrons. The van der Waals surface area contributed by atoms with Gasteiger partial charge in [-0.2, -0.15) is 0 Å². The van der Waals surface area contributed by atoms with Crippen molar-refractivity contribution in [1.29, 1.82) is 0 Å². The lowest BCUT2D eigenvalue weighted by Gasteiger charge is -2.34. The number of nitrogens with one attached hydrogen (secondary N) is 1. The van der Waals surface area contributed by atoms with E-state index in [9.17, 15) is 4.79 Å². The van der Waals surface area contributed by atoms with E-state index < -0.39 is 0 Å². The van der Waals surface area contributed by atoms with Gasteiger partial charge in [-0.15, -0.1) is 0 Å². The number of likely N-dealkylation sites (tertiary alicyclic amines) is 1. The summed E-state index contributed by atoms with van der Waals surface area (Å²) < 4.78 is 0. The van der Waals surface area contributed by atoms with Crippen LogP contribution in [0.3, 0.4) is 0 Å². The van der Waals surface area contributed by atoms with Crippen LogP contribution < -0.4 is 5.32 Å². The van der Waals surface area contributed by atoms with Crippen LogP contribution in [0.2, 0.25) is 0 Å². The van der Waals surface area contributed by atoms with E-state index in [2.05, 4.69) is 40.5 Å². The number of carbonyl (C=O) groups is 1. The molecule has 2 heterocycles. The Morgan fingerprint density at radius 3 is 2.94 bits per heavy atom. The average Bonchev–Trinajstić information content (AvgIpc) is 2.70. The Morgan fingerprint density at radius 1 is 1.29 bits per heavy atom. The molecule has 0 aromatic heterocycles. The van der Waals surface area contributed by atoms with E-state index in [0.717, 1.165) is 32.5 Å². The Morgan fingerprint density at radius 2 is 2.12 bits per heavy atom. The fourth-order valence-electron chi connectivity index (χ4n) is 2.99. The maximum Gasteiger partial charge on any atom is 0.220 e. The van der Waals surface area contributed by atoms with Crippen LogP contribution in [0.5, 0.6) is 0 Å². The second kappa shape index (κ2) is 4.49. The van der Waals surface area contributed by atoms with Crippen molar-refractivity contribution in [2.24, 2.45) is 5.92 Å². The molecule has 1 amide bonds. The van der Waals surface area contributed by atoms with Crippen LogP contribution in [0.1, 0.15) is 18.4 Å². The molecule has 3 heteroatoms. The van der Waals surface area contributed by atoms with Gasteiger partial charge in [0.2, 0.25) is 5.91 Å². The highest BCUT2D eigenvalue weighted by atomic mass is 16.2. The second-order valence-corrected chi connectivity index (χ2v) is 5.15. The summed E-state index contributed by atoms with van der Waals surface area (Å²) in [5.41, 5.74) is 1.36. The third-order valence-corrected chi connectivity index (χ3v) is 3.86. The zero-order valence-electron chi connectivity index (χ0n) is 9.93. The minimum Gasteiger partial charge on any atom is -0.353 e. The highest BCUT2D eigenvalue weighted by Gasteiger charge is 2.36. The monoisotopic (exact) mass is 230 g/mol. The summed E-state index contributed by atoms with van der Waals surface area (Å²) in [6.45, 7) is 3.16. The first-order valence-corrected chi connectivity index (χ1v) is 6.37. The van der Waals surface area contributed by atoms with Crippen LogP contribution in [0.4, 0.5) is 0 Å². The van der Waals surface area contributed by atoms with E-state index in [1.54, 1.807) is 0 Å². The van der Waals surface area contributed by atoms with E-state index in [1.807, 2.05) is 0 Å². The zero-order valence-corrected chi connectivity index (χ0v) is 9.93. The molecule has 0 saturated carbocycles. The van der Waals surface area contributed by atoms with Gasteiger partial charge in [0.05, 0.1) is 0 Å². The Bertz CT molecular complexity index is 404. The molecule has 0 bridgehead atoms. The van der Waals surface area contributed by atoms with Crippen LogP contribution in [-0.2, 0) is 11.3 Å². The second-order valence-electron chi connectivity index (χ2n) is 5.15. The van der Waals surface area contributed by atoms with Gasteiger partial charge < -0.3 is 5.32 Å². The predicted octanol–water partition coefficient (Wildman–Crippen LogP) is 1.40. The molecule has 3 rings (SSSR count). The first-order valence-electron chi connectivity index (χ1n) is 6.37. The number of piperidine rings is 1. The molecule has 3 nitrogen and oxygen atoms in total. The van der Waals surface area contributed by atoms with E-state index in [-0.39, 0.29) is 5.91 Å². The molecule has 0 aliphatic carbocycles. The highest BCUT2D eigenvalue weighted by Crippen LogP contribution is 2.26. The largest absolute Gasteiger partial charge is 0.353 e. The molecule has 0 unspecified atom stereocenters. The van der Waals surface area contributed by atoms with E-state index >= 15 is 0 Å². The molecule has 2 saturated heterocycles. The standard InChI is InChI=1S/C14H18N2O/c17-14-8-12-10-16(7-6-13(12)15-14)9-11-4-2-1-3-5-11/h1-5,12-13H,6-10H2,(H,15,17)/t12-,13-/m1/s1. The Balaban J connectivity index is 1.61. The maximum absolute atomic E-state index is 11.3. The molecule has 90 valence electrons. The molecule has 0 spiro atoms. The molecule has 2 fully saturated rings. The quantitative estimate of drug-likeness (QED) is 0.833. The van der Waals surface area contributed by atoms with Gasteiger partial charge in [-0.25, -0.2) is 0 Å². The normalized spacial score (nSPS) is 28.8. The number of nitrogens with zero attached hydrogens (tertiary/aromatic N) is 1. The lowest BCUT2D eigenvalue weighted by atomic mass is 9.93. The Labute approximate surface area is 102 Å². The van der Waals surface area contributed by atoms with Gasteiger partial charge in [-0.3, -0.25) is 9.69 Å². The van der Waals surface area contributed by atoms with Crippen molar-refractivity contribution in [2.75, 3.05) is 13.1 Å². The SMILES string of the molecule is O=C1C[C@@H]2CN(Cc3ccccc3)CC[C@H]2N1. The summed E-state index contributed by atoms with van der Waals surface area (Å²) in [5.74, 6) is 0.765. The fourth-order valence-corrected chi connectivity index (χ4v) is 2.99. The van der Waals surface area contributed by atoms with Crippen LogP contribution in [0, 0.1) is 5.92 Å². The Hall–Kier alpha value is -1.35. The van der Waals surface area contributed by atoms with Crippen molar-refractivity contribution >= 4 is 5.91 Å². The van der Waals surface area contributed by atoms with Gasteiger partial charge >= 0.3 is 0 Å². The predicted molar refractivity (Wildman–Crippen MR) is 66.4 cm³/mol. The molecular formula is C14H18N2O. The number of benzene rings is 1. The average molecular weight is 230 g/mol. The van der Waals surface area contributed by atoms with Crippen molar-refractivity contribution in [3.05, 3.63) is 35.9 Å². The lowest BCUT2D eigenvalue weighted by Crippen LogP contribution is -2.44. The van der Waals surface area contributed by atoms with Crippen LogP contribution in [-0.4, -0.2) is 29.9 Å². The van der Waals surface area contributed by atoms with Gasteiger partial charge in [-0.1, -0.05) is 30.3 Å². The molecule has 2 atom stereocenters. The third-order valence-electron chi connectivity index (χ3n) is 3.86. The minimum atomic E-state index is 0.238. The summed E-state index contributed by atoms with van der Waals surface area (Å²) in [4.78, 5) is 13.8. The molecular weight excluding hydrogens is 212 g/mol. The summed E-state index contributed by atoms with van der Waals surface area (Å²) in [6, 6.07) is 11.0. The number of amides is 1. The zero-order chi connectivity index (χ0) is 11.7. The lowest BCUT2D eigenvalue weighted by molar-refractivity contribution is -0.119. The highest BCUT2D eigenvalue weighted by molar-refractivity contribution is 5.79. The van der Waals surface area contributed by atoms with Crippen molar-refractivity contribution < 1.29 is 4.79 Å². The van der Waals surface area contributed by atoms with Gasteiger partial charge in [-0.05, 0) is 12.0 Å². The Kier molecular flexibility index (Phi) is 2.85. The topological polar surface area (TPSA) is 32.3 Å². The van der Waals surface area contributed by atoms with Crippen molar-refractivity contribution in [3.63, 3.8) is 0 Å². The van der Waals surface area contributed by atoms with E-state index in [0.29, 0.717) is 12.0 Å². The van der Waals surface area contributed by atoms with Crippen LogP contribution in [0.15, 0.2) is 30.3 Å². The van der Waals surface area contributed by atoms with E-state index in [4.69, 9.17) is 0 Å². The van der Waals surface area contributed by atoms with Crippen LogP contribution in [0.25, 0.3) is 0 Å². The molecule has 2 aliphatic rings. The van der Waals surface area contributed by atoms with Gasteiger partial charge in [0.15, 0.2) is 0 Å². The first-order chi connectivity index (χ1) is 8.31. The smallest absolute Gasteiger partial charge is 0.220 e. The van der Waals surface area contributed by atoms with Crippen molar-refractivity contribution in [1.82, 2.24) is 10.2 Å². The first kappa shape index (κ1) is 10.8. The summed E-state index contributed by atoms with van der Waals surface area (Å²) in [7, 11) is 0. The summed E-state index contributed by atoms with van der Waals surface area (Å²) in [5, 5.41) is 3.07. The van der Waals surface area contributed by atoms with Gasteiger partial charge in [0.25, 0.3) is 0 Å². The summed E-state index contributed by atoms with van der Waals surface area (Å²) in [6.07, 6.45) is 1.82. The molecule has 2 aliphatic heterocycles. The van der Waals surface area contributed by atoms with Gasteiger partial charge in [0.1, 0.15) is 0 Å². The maximum atomic E-state index is 11.3. The minimum absolute atomic E-state index is 0.238. The van der Waals surface area contributed by atoms with Crippen LogP contribution >= 0.6 is 0 Å². The van der Waals surface area contributed by atoms with E-state index in [1.165, 1.54) is 5.56 Å². The molecule has 1 N–H and O–H groups in total. The number of carbonyl (C=O) groups excluding carboxylic acids is 1. The fraction of sp³-hybridized carbons (Fsp3) is 0.500. The molecule has 1 aromatic carbocycles. The number of hydrogen-bond donors (Lipinski definition) is 1. The molecule has 17 heavy (non-hydrogen) atoms. The van der Waals surface area contributed by atoms with Crippen molar-refractivity contribution in [2.45, 2.75) is 25.4 Å². The van der Waals surface area contributed by atoms with Gasteiger partial charge in [0, 0.05) is 38.0 Å². The summed E-state index contributed by atoms with van der Waals surface area (Å²) >= 11 is 0.